The Balaban J connectivity index is 2.35. The van der Waals surface area contributed by atoms with E-state index in [1.165, 1.54) is 0 Å². The van der Waals surface area contributed by atoms with E-state index >= 15 is 0 Å². The van der Waals surface area contributed by atoms with Crippen LogP contribution in [-0.4, -0.2) is 36.5 Å². The molecule has 0 aromatic carbocycles. The Bertz CT molecular complexity index is 167. The van der Waals surface area contributed by atoms with Gasteiger partial charge in [-0.15, -0.1) is 0 Å². The quantitative estimate of drug-likeness (QED) is 0.731. The summed E-state index contributed by atoms with van der Waals surface area (Å²) in [6.45, 7) is 7.60. The number of ether oxygens (including phenoxy) is 1. The van der Waals surface area contributed by atoms with E-state index in [0.29, 0.717) is 18.1 Å². The number of hydrogen-bond acceptors (Lipinski definition) is 3. The Hall–Kier alpha value is -0.120. The van der Waals surface area contributed by atoms with Gasteiger partial charge in [-0.05, 0) is 25.2 Å². The van der Waals surface area contributed by atoms with Crippen molar-refractivity contribution in [2.24, 2.45) is 5.92 Å². The van der Waals surface area contributed by atoms with Crippen molar-refractivity contribution in [3.63, 3.8) is 0 Å². The maximum absolute atomic E-state index is 9.14. The molecule has 2 N–H and O–H groups in total. The summed E-state index contributed by atoms with van der Waals surface area (Å²) in [7, 11) is 0. The van der Waals surface area contributed by atoms with Gasteiger partial charge in [0, 0.05) is 18.7 Å². The van der Waals surface area contributed by atoms with Crippen LogP contribution >= 0.6 is 0 Å². The van der Waals surface area contributed by atoms with Gasteiger partial charge in [-0.2, -0.15) is 0 Å². The van der Waals surface area contributed by atoms with E-state index in [-0.39, 0.29) is 12.6 Å². The topological polar surface area (TPSA) is 41.5 Å². The maximum Gasteiger partial charge on any atom is 0.0612 e. The summed E-state index contributed by atoms with van der Waals surface area (Å²) in [6, 6.07) is 0.768. The number of rotatable bonds is 5. The van der Waals surface area contributed by atoms with Crippen LogP contribution in [0.4, 0.5) is 0 Å². The predicted octanol–water partition coefficient (Wildman–Crippen LogP) is 1.55. The highest BCUT2D eigenvalue weighted by molar-refractivity contribution is 4.81. The molecule has 0 aromatic rings. The van der Waals surface area contributed by atoms with Gasteiger partial charge in [0.25, 0.3) is 0 Å². The van der Waals surface area contributed by atoms with Crippen LogP contribution in [0.3, 0.4) is 0 Å². The van der Waals surface area contributed by atoms with Gasteiger partial charge in [0.05, 0.1) is 12.7 Å². The molecule has 1 fully saturated rings. The molecule has 0 amide bonds. The third kappa shape index (κ3) is 4.09. The molecule has 1 saturated heterocycles. The monoisotopic (exact) mass is 215 g/mol. The Kier molecular flexibility index (Phi) is 5.58. The molecule has 0 bridgehead atoms. The lowest BCUT2D eigenvalue weighted by molar-refractivity contribution is -0.0269. The van der Waals surface area contributed by atoms with Gasteiger partial charge in [-0.3, -0.25) is 0 Å². The first-order valence-corrected chi connectivity index (χ1v) is 6.15. The van der Waals surface area contributed by atoms with Crippen LogP contribution in [-0.2, 0) is 4.74 Å². The fourth-order valence-corrected chi connectivity index (χ4v) is 2.08. The molecule has 1 heterocycles. The molecule has 0 aromatic heterocycles. The van der Waals surface area contributed by atoms with Crippen LogP contribution in [0.1, 0.15) is 40.0 Å². The van der Waals surface area contributed by atoms with E-state index in [1.54, 1.807) is 0 Å². The van der Waals surface area contributed by atoms with Crippen LogP contribution in [0, 0.1) is 5.92 Å². The van der Waals surface area contributed by atoms with Crippen molar-refractivity contribution in [1.29, 1.82) is 0 Å². The second-order valence-electron chi connectivity index (χ2n) is 4.83. The van der Waals surface area contributed by atoms with E-state index in [1.807, 2.05) is 0 Å². The van der Waals surface area contributed by atoms with E-state index < -0.39 is 0 Å². The third-order valence-electron chi connectivity index (χ3n) is 3.24. The van der Waals surface area contributed by atoms with E-state index in [4.69, 9.17) is 9.84 Å². The summed E-state index contributed by atoms with van der Waals surface area (Å²) in [4.78, 5) is 0. The molecule has 1 aliphatic heterocycles. The molecule has 3 nitrogen and oxygen atoms in total. The fourth-order valence-electron chi connectivity index (χ4n) is 2.08. The summed E-state index contributed by atoms with van der Waals surface area (Å²) in [5, 5.41) is 12.6. The van der Waals surface area contributed by atoms with E-state index in [9.17, 15) is 0 Å². The fraction of sp³-hybridized carbons (Fsp3) is 1.00. The minimum atomic E-state index is 0.236. The van der Waals surface area contributed by atoms with Crippen molar-refractivity contribution in [2.75, 3.05) is 13.2 Å². The zero-order chi connectivity index (χ0) is 11.3. The average Bonchev–Trinajstić information content (AvgIpc) is 2.26. The minimum absolute atomic E-state index is 0.236. The van der Waals surface area contributed by atoms with Crippen molar-refractivity contribution in [3.05, 3.63) is 0 Å². The summed E-state index contributed by atoms with van der Waals surface area (Å²) >= 11 is 0. The number of aliphatic hydroxyl groups is 1. The molecule has 1 rings (SSSR count). The zero-order valence-corrected chi connectivity index (χ0v) is 10.2. The molecule has 3 heteroatoms. The molecular formula is C12H25NO2. The van der Waals surface area contributed by atoms with Crippen molar-refractivity contribution >= 4 is 0 Å². The highest BCUT2D eigenvalue weighted by Crippen LogP contribution is 2.20. The summed E-state index contributed by atoms with van der Waals surface area (Å²) in [5.74, 6) is 0.587. The predicted molar refractivity (Wildman–Crippen MR) is 61.9 cm³/mol. The third-order valence-corrected chi connectivity index (χ3v) is 3.24. The van der Waals surface area contributed by atoms with Gasteiger partial charge in [0.1, 0.15) is 0 Å². The molecule has 15 heavy (non-hydrogen) atoms. The Morgan fingerprint density at radius 2 is 2.20 bits per heavy atom. The van der Waals surface area contributed by atoms with Crippen LogP contribution < -0.4 is 5.32 Å². The van der Waals surface area contributed by atoms with Gasteiger partial charge < -0.3 is 15.2 Å². The first-order chi connectivity index (χ1) is 7.17. The zero-order valence-electron chi connectivity index (χ0n) is 10.2. The lowest BCUT2D eigenvalue weighted by Gasteiger charge is -2.34. The second kappa shape index (κ2) is 6.46. The van der Waals surface area contributed by atoms with Crippen LogP contribution in [0.25, 0.3) is 0 Å². The van der Waals surface area contributed by atoms with Crippen LogP contribution in [0.5, 0.6) is 0 Å². The first kappa shape index (κ1) is 12.9. The normalized spacial score (nSPS) is 29.4. The van der Waals surface area contributed by atoms with E-state index in [2.05, 4.69) is 26.1 Å². The van der Waals surface area contributed by atoms with Crippen molar-refractivity contribution < 1.29 is 9.84 Å². The molecule has 3 unspecified atom stereocenters. The number of nitrogens with one attached hydrogen (secondary N) is 1. The SMILES string of the molecule is CCC(CO)NC1CCOC(C(C)C)C1. The lowest BCUT2D eigenvalue weighted by atomic mass is 9.95. The standard InChI is InChI=1S/C12H25NO2/c1-4-10(8-14)13-11-5-6-15-12(7-11)9(2)3/h9-14H,4-8H2,1-3H3. The molecule has 1 aliphatic rings. The summed E-state index contributed by atoms with van der Waals surface area (Å²) < 4.78 is 5.72. The number of aliphatic hydroxyl groups excluding tert-OH is 1. The van der Waals surface area contributed by atoms with Crippen molar-refractivity contribution in [1.82, 2.24) is 5.32 Å². The summed E-state index contributed by atoms with van der Waals surface area (Å²) in [5.41, 5.74) is 0. The minimum Gasteiger partial charge on any atom is -0.395 e. The Morgan fingerprint density at radius 3 is 2.73 bits per heavy atom. The largest absolute Gasteiger partial charge is 0.395 e. The Labute approximate surface area is 93.2 Å². The lowest BCUT2D eigenvalue weighted by Crippen LogP contribution is -2.46. The highest BCUT2D eigenvalue weighted by Gasteiger charge is 2.25. The van der Waals surface area contributed by atoms with Gasteiger partial charge in [-0.1, -0.05) is 20.8 Å². The Morgan fingerprint density at radius 1 is 1.47 bits per heavy atom. The molecule has 3 atom stereocenters. The number of hydrogen-bond donors (Lipinski definition) is 2. The van der Waals surface area contributed by atoms with Gasteiger partial charge in [0.15, 0.2) is 0 Å². The van der Waals surface area contributed by atoms with E-state index in [0.717, 1.165) is 25.9 Å². The molecular weight excluding hydrogens is 190 g/mol. The molecule has 0 saturated carbocycles. The molecule has 0 radical (unpaired) electrons. The van der Waals surface area contributed by atoms with Crippen molar-refractivity contribution in [3.8, 4) is 0 Å². The average molecular weight is 215 g/mol. The van der Waals surface area contributed by atoms with Gasteiger partial charge in [0.2, 0.25) is 0 Å². The van der Waals surface area contributed by atoms with Crippen LogP contribution in [0.2, 0.25) is 0 Å². The maximum atomic E-state index is 9.14. The van der Waals surface area contributed by atoms with Crippen molar-refractivity contribution in [2.45, 2.75) is 58.2 Å². The van der Waals surface area contributed by atoms with Crippen LogP contribution in [0.15, 0.2) is 0 Å². The second-order valence-corrected chi connectivity index (χ2v) is 4.83. The van der Waals surface area contributed by atoms with Gasteiger partial charge in [-0.25, -0.2) is 0 Å². The molecule has 90 valence electrons. The smallest absolute Gasteiger partial charge is 0.0612 e. The summed E-state index contributed by atoms with van der Waals surface area (Å²) in [6.07, 6.45) is 3.51. The first-order valence-electron chi connectivity index (χ1n) is 6.15. The van der Waals surface area contributed by atoms with Gasteiger partial charge >= 0.3 is 0 Å². The highest BCUT2D eigenvalue weighted by atomic mass is 16.5. The molecule has 0 aliphatic carbocycles. The molecule has 0 spiro atoms.